The lowest BCUT2D eigenvalue weighted by Crippen LogP contribution is -2.28. The van der Waals surface area contributed by atoms with E-state index in [4.69, 9.17) is 9.72 Å². The minimum Gasteiger partial charge on any atom is -0.497 e. The maximum absolute atomic E-state index is 13.5. The van der Waals surface area contributed by atoms with Crippen molar-refractivity contribution in [3.8, 4) is 5.75 Å². The van der Waals surface area contributed by atoms with Crippen LogP contribution in [0.1, 0.15) is 23.7 Å². The van der Waals surface area contributed by atoms with E-state index in [2.05, 4.69) is 10.4 Å². The number of thioether (sulfide) groups is 1. The normalized spacial score (nSPS) is 11.1. The third-order valence-electron chi connectivity index (χ3n) is 5.52. The third kappa shape index (κ3) is 5.54. The largest absolute Gasteiger partial charge is 0.497 e. The fourth-order valence-corrected chi connectivity index (χ4v) is 4.49. The Hall–Kier alpha value is -3.66. The first-order valence-corrected chi connectivity index (χ1v) is 12.1. The molecule has 0 bridgehead atoms. The molecule has 2 heterocycles. The van der Waals surface area contributed by atoms with Gasteiger partial charge in [-0.2, -0.15) is 5.10 Å². The molecule has 1 amide bonds. The number of amides is 1. The Bertz CT molecular complexity index is 1400. The minimum atomic E-state index is -0.325. The highest BCUT2D eigenvalue weighted by atomic mass is 32.2. The SMILES string of the molecule is CCn1nc(C)c2nc(SCC(=O)NCc3ccc(F)cc3)n(Cc3ccc(OC)cc3)c(=O)c21. The van der Waals surface area contributed by atoms with E-state index in [1.165, 1.54) is 23.9 Å². The Labute approximate surface area is 206 Å². The summed E-state index contributed by atoms with van der Waals surface area (Å²) in [5.41, 5.74) is 3.14. The lowest BCUT2D eigenvalue weighted by molar-refractivity contribution is -0.118. The van der Waals surface area contributed by atoms with Crippen LogP contribution in [0.2, 0.25) is 0 Å². The number of ether oxygens (including phenoxy) is 1. The molecule has 182 valence electrons. The Kier molecular flexibility index (Phi) is 7.50. The summed E-state index contributed by atoms with van der Waals surface area (Å²) >= 11 is 1.19. The van der Waals surface area contributed by atoms with Crippen LogP contribution in [0.4, 0.5) is 4.39 Å². The maximum Gasteiger partial charge on any atom is 0.280 e. The van der Waals surface area contributed by atoms with Gasteiger partial charge in [-0.05, 0) is 49.2 Å². The summed E-state index contributed by atoms with van der Waals surface area (Å²) in [7, 11) is 1.60. The number of nitrogens with one attached hydrogen (secondary N) is 1. The van der Waals surface area contributed by atoms with E-state index in [9.17, 15) is 14.0 Å². The van der Waals surface area contributed by atoms with Gasteiger partial charge in [0, 0.05) is 13.1 Å². The highest BCUT2D eigenvalue weighted by Gasteiger charge is 2.19. The van der Waals surface area contributed by atoms with Gasteiger partial charge in [0.05, 0.1) is 25.1 Å². The lowest BCUT2D eigenvalue weighted by Gasteiger charge is -2.13. The maximum atomic E-state index is 13.5. The van der Waals surface area contributed by atoms with Crippen LogP contribution >= 0.6 is 11.8 Å². The number of rotatable bonds is 9. The summed E-state index contributed by atoms with van der Waals surface area (Å²) < 4.78 is 21.5. The zero-order chi connectivity index (χ0) is 24.9. The van der Waals surface area contributed by atoms with Crippen LogP contribution in [-0.4, -0.2) is 38.1 Å². The molecule has 0 saturated heterocycles. The van der Waals surface area contributed by atoms with Crippen molar-refractivity contribution < 1.29 is 13.9 Å². The summed E-state index contributed by atoms with van der Waals surface area (Å²) in [4.78, 5) is 30.8. The van der Waals surface area contributed by atoms with Crippen molar-refractivity contribution in [2.24, 2.45) is 0 Å². The van der Waals surface area contributed by atoms with Crippen LogP contribution in [0.25, 0.3) is 11.0 Å². The first kappa shape index (κ1) is 24.5. The number of hydrogen-bond donors (Lipinski definition) is 1. The molecule has 0 aliphatic carbocycles. The first-order valence-electron chi connectivity index (χ1n) is 11.1. The second kappa shape index (κ2) is 10.7. The van der Waals surface area contributed by atoms with Crippen molar-refractivity contribution in [3.05, 3.63) is 81.5 Å². The standard InChI is InChI=1S/C25H26FN5O3S/c1-4-31-23-22(16(2)29-31)28-25(30(24(23)33)14-18-7-11-20(34-3)12-8-18)35-15-21(32)27-13-17-5-9-19(26)10-6-17/h5-12H,4,13-15H2,1-3H3,(H,27,32). The topological polar surface area (TPSA) is 91.0 Å². The number of carbonyl (C=O) groups excluding carboxylic acids is 1. The number of aryl methyl sites for hydroxylation is 2. The highest BCUT2D eigenvalue weighted by molar-refractivity contribution is 7.99. The fourth-order valence-electron chi connectivity index (χ4n) is 3.66. The van der Waals surface area contributed by atoms with E-state index >= 15 is 0 Å². The second-order valence-electron chi connectivity index (χ2n) is 7.92. The van der Waals surface area contributed by atoms with E-state index in [0.29, 0.717) is 35.0 Å². The smallest absolute Gasteiger partial charge is 0.280 e. The molecule has 2 aromatic heterocycles. The molecule has 4 aromatic rings. The van der Waals surface area contributed by atoms with Crippen LogP contribution in [0, 0.1) is 12.7 Å². The quantitative estimate of drug-likeness (QED) is 0.282. The Morgan fingerprint density at radius 3 is 2.46 bits per heavy atom. The predicted molar refractivity (Wildman–Crippen MR) is 133 cm³/mol. The molecule has 8 nitrogen and oxygen atoms in total. The van der Waals surface area contributed by atoms with Crippen molar-refractivity contribution >= 4 is 28.7 Å². The molecular formula is C25H26FN5O3S. The molecule has 2 aromatic carbocycles. The lowest BCUT2D eigenvalue weighted by atomic mass is 10.2. The van der Waals surface area contributed by atoms with Crippen LogP contribution in [-0.2, 0) is 24.4 Å². The van der Waals surface area contributed by atoms with Crippen LogP contribution < -0.4 is 15.6 Å². The van der Waals surface area contributed by atoms with Crippen molar-refractivity contribution in [3.63, 3.8) is 0 Å². The van der Waals surface area contributed by atoms with Gasteiger partial charge in [-0.15, -0.1) is 0 Å². The Balaban J connectivity index is 1.59. The molecule has 0 aliphatic rings. The summed E-state index contributed by atoms with van der Waals surface area (Å²) in [5, 5.41) is 7.71. The van der Waals surface area contributed by atoms with Crippen molar-refractivity contribution in [2.45, 2.75) is 38.6 Å². The zero-order valence-corrected chi connectivity index (χ0v) is 20.6. The number of methoxy groups -OCH3 is 1. The molecule has 35 heavy (non-hydrogen) atoms. The van der Waals surface area contributed by atoms with E-state index in [1.807, 2.05) is 38.1 Å². The van der Waals surface area contributed by atoms with Gasteiger partial charge in [0.2, 0.25) is 5.91 Å². The van der Waals surface area contributed by atoms with E-state index < -0.39 is 0 Å². The van der Waals surface area contributed by atoms with Crippen LogP contribution in [0.5, 0.6) is 5.75 Å². The molecule has 4 rings (SSSR count). The van der Waals surface area contributed by atoms with Crippen molar-refractivity contribution in [1.82, 2.24) is 24.6 Å². The predicted octanol–water partition coefficient (Wildman–Crippen LogP) is 3.53. The van der Waals surface area contributed by atoms with E-state index in [1.54, 1.807) is 28.5 Å². The molecule has 0 spiro atoms. The highest BCUT2D eigenvalue weighted by Crippen LogP contribution is 2.21. The molecule has 10 heteroatoms. The zero-order valence-electron chi connectivity index (χ0n) is 19.7. The second-order valence-corrected chi connectivity index (χ2v) is 8.87. The molecule has 0 saturated carbocycles. The number of nitrogens with zero attached hydrogens (tertiary/aromatic N) is 4. The van der Waals surface area contributed by atoms with Gasteiger partial charge in [0.15, 0.2) is 10.7 Å². The number of aromatic nitrogens is 4. The third-order valence-corrected chi connectivity index (χ3v) is 6.49. The van der Waals surface area contributed by atoms with Gasteiger partial charge in [-0.1, -0.05) is 36.0 Å². The average Bonchev–Trinajstić information content (AvgIpc) is 3.20. The van der Waals surface area contributed by atoms with Crippen LogP contribution in [0.3, 0.4) is 0 Å². The molecule has 0 radical (unpaired) electrons. The summed E-state index contributed by atoms with van der Waals surface area (Å²) in [5.74, 6) is 0.254. The van der Waals surface area contributed by atoms with Gasteiger partial charge in [0.25, 0.3) is 5.56 Å². The molecular weight excluding hydrogens is 469 g/mol. The van der Waals surface area contributed by atoms with Crippen molar-refractivity contribution in [1.29, 1.82) is 0 Å². The number of fused-ring (bicyclic) bond motifs is 1. The number of halogens is 1. The fraction of sp³-hybridized carbons (Fsp3) is 0.280. The van der Waals surface area contributed by atoms with Gasteiger partial charge in [-0.25, -0.2) is 9.37 Å². The average molecular weight is 496 g/mol. The van der Waals surface area contributed by atoms with E-state index in [0.717, 1.165) is 16.9 Å². The first-order chi connectivity index (χ1) is 16.9. The van der Waals surface area contributed by atoms with Crippen molar-refractivity contribution in [2.75, 3.05) is 12.9 Å². The number of benzene rings is 2. The van der Waals surface area contributed by atoms with Crippen LogP contribution in [0.15, 0.2) is 58.5 Å². The van der Waals surface area contributed by atoms with Gasteiger partial charge >= 0.3 is 0 Å². The molecule has 0 unspecified atom stereocenters. The van der Waals surface area contributed by atoms with Gasteiger partial charge < -0.3 is 10.1 Å². The van der Waals surface area contributed by atoms with E-state index in [-0.39, 0.29) is 29.6 Å². The summed E-state index contributed by atoms with van der Waals surface area (Å²) in [6, 6.07) is 13.4. The monoisotopic (exact) mass is 495 g/mol. The Morgan fingerprint density at radius 2 is 1.80 bits per heavy atom. The minimum absolute atomic E-state index is 0.0721. The molecule has 0 atom stereocenters. The number of hydrogen-bond acceptors (Lipinski definition) is 6. The Morgan fingerprint density at radius 1 is 1.11 bits per heavy atom. The summed E-state index contributed by atoms with van der Waals surface area (Å²) in [6.07, 6.45) is 0. The van der Waals surface area contributed by atoms with Gasteiger partial charge in [0.1, 0.15) is 17.1 Å². The molecule has 0 aliphatic heterocycles. The molecule has 0 fully saturated rings. The summed E-state index contributed by atoms with van der Waals surface area (Å²) in [6.45, 7) is 4.86. The molecule has 1 N–H and O–H groups in total. The number of carbonyl (C=O) groups is 1. The van der Waals surface area contributed by atoms with Gasteiger partial charge in [-0.3, -0.25) is 18.8 Å².